The molecule has 0 atom stereocenters. The van der Waals surface area contributed by atoms with Crippen molar-refractivity contribution in [1.82, 2.24) is 4.57 Å². The molecule has 2 rings (SSSR count). The van der Waals surface area contributed by atoms with Crippen molar-refractivity contribution in [2.45, 2.75) is 27.3 Å². The molecule has 0 unspecified atom stereocenters. The van der Waals surface area contributed by atoms with E-state index in [1.54, 1.807) is 12.1 Å². The zero-order valence-electron chi connectivity index (χ0n) is 11.0. The third kappa shape index (κ3) is 2.33. The zero-order valence-corrected chi connectivity index (χ0v) is 12.5. The summed E-state index contributed by atoms with van der Waals surface area (Å²) < 4.78 is 1.84. The molecule has 0 aliphatic heterocycles. The van der Waals surface area contributed by atoms with E-state index in [1.807, 2.05) is 11.5 Å². The van der Waals surface area contributed by atoms with Crippen LogP contribution >= 0.6 is 23.2 Å². The molecule has 3 nitrogen and oxygen atoms in total. The van der Waals surface area contributed by atoms with E-state index in [0.29, 0.717) is 22.9 Å². The van der Waals surface area contributed by atoms with Crippen LogP contribution in [-0.4, -0.2) is 15.6 Å². The number of fused-ring (bicyclic) bond motifs is 1. The standard InChI is InChI=1S/C14H15Cl2NO2/c1-7(2)6-17-12-8(3)10(15)5-4-9(12)11(13(17)16)14(18)19/h4-5,7H,6H2,1-3H3,(H,18,19). The molecule has 0 amide bonds. The van der Waals surface area contributed by atoms with Crippen LogP contribution in [0.3, 0.4) is 0 Å². The van der Waals surface area contributed by atoms with Crippen molar-refractivity contribution in [2.75, 3.05) is 0 Å². The van der Waals surface area contributed by atoms with Crippen LogP contribution in [0.15, 0.2) is 12.1 Å². The van der Waals surface area contributed by atoms with Crippen molar-refractivity contribution in [3.8, 4) is 0 Å². The number of aromatic carboxylic acids is 1. The monoisotopic (exact) mass is 299 g/mol. The van der Waals surface area contributed by atoms with E-state index in [2.05, 4.69) is 13.8 Å². The quantitative estimate of drug-likeness (QED) is 0.899. The first kappa shape index (κ1) is 14.2. The number of carboxylic acids is 1. The summed E-state index contributed by atoms with van der Waals surface area (Å²) in [4.78, 5) is 11.4. The highest BCUT2D eigenvalue weighted by Crippen LogP contribution is 2.35. The van der Waals surface area contributed by atoms with Crippen molar-refractivity contribution in [2.24, 2.45) is 5.92 Å². The largest absolute Gasteiger partial charge is 0.478 e. The lowest BCUT2D eigenvalue weighted by molar-refractivity contribution is 0.0699. The minimum atomic E-state index is -1.01. The fraction of sp³-hybridized carbons (Fsp3) is 0.357. The van der Waals surface area contributed by atoms with Crippen molar-refractivity contribution < 1.29 is 9.90 Å². The molecule has 19 heavy (non-hydrogen) atoms. The molecule has 0 bridgehead atoms. The summed E-state index contributed by atoms with van der Waals surface area (Å²) in [6, 6.07) is 3.43. The van der Waals surface area contributed by atoms with Gasteiger partial charge in [-0.15, -0.1) is 0 Å². The second kappa shape index (κ2) is 5.06. The first-order valence-electron chi connectivity index (χ1n) is 6.04. The summed E-state index contributed by atoms with van der Waals surface area (Å²) in [5.41, 5.74) is 1.81. The smallest absolute Gasteiger partial charge is 0.339 e. The van der Waals surface area contributed by atoms with Crippen LogP contribution in [0.5, 0.6) is 0 Å². The molecule has 1 N–H and O–H groups in total. The van der Waals surface area contributed by atoms with Gasteiger partial charge in [0.1, 0.15) is 10.7 Å². The SMILES string of the molecule is Cc1c(Cl)ccc2c(C(=O)O)c(Cl)n(CC(C)C)c12. The lowest BCUT2D eigenvalue weighted by atomic mass is 10.1. The Morgan fingerprint density at radius 3 is 2.53 bits per heavy atom. The van der Waals surface area contributed by atoms with Crippen LogP contribution in [0, 0.1) is 12.8 Å². The number of nitrogens with zero attached hydrogens (tertiary/aromatic N) is 1. The van der Waals surface area contributed by atoms with Gasteiger partial charge < -0.3 is 9.67 Å². The highest BCUT2D eigenvalue weighted by molar-refractivity contribution is 6.36. The third-order valence-corrected chi connectivity index (χ3v) is 3.91. The molecule has 0 spiro atoms. The Labute approximate surface area is 121 Å². The number of aryl methyl sites for hydroxylation is 1. The van der Waals surface area contributed by atoms with E-state index in [1.165, 1.54) is 0 Å². The highest BCUT2D eigenvalue weighted by atomic mass is 35.5. The molecule has 2 aromatic rings. The van der Waals surface area contributed by atoms with E-state index in [0.717, 1.165) is 11.1 Å². The zero-order chi connectivity index (χ0) is 14.3. The van der Waals surface area contributed by atoms with Gasteiger partial charge in [0.15, 0.2) is 0 Å². The number of carbonyl (C=O) groups is 1. The Kier molecular flexibility index (Phi) is 3.79. The average molecular weight is 300 g/mol. The number of halogens is 2. The molecule has 0 saturated heterocycles. The van der Waals surface area contributed by atoms with Crippen LogP contribution in [-0.2, 0) is 6.54 Å². The van der Waals surface area contributed by atoms with Gasteiger partial charge in [-0.05, 0) is 24.5 Å². The predicted molar refractivity (Wildman–Crippen MR) is 78.5 cm³/mol. The van der Waals surface area contributed by atoms with Crippen molar-refractivity contribution in [3.05, 3.63) is 33.4 Å². The number of benzene rings is 1. The summed E-state index contributed by atoms with van der Waals surface area (Å²) in [7, 11) is 0. The molecular weight excluding hydrogens is 285 g/mol. The molecule has 0 aliphatic rings. The van der Waals surface area contributed by atoms with Gasteiger partial charge in [0.05, 0.1) is 5.52 Å². The minimum absolute atomic E-state index is 0.150. The van der Waals surface area contributed by atoms with Gasteiger partial charge >= 0.3 is 5.97 Å². The van der Waals surface area contributed by atoms with Crippen molar-refractivity contribution >= 4 is 40.1 Å². The fourth-order valence-electron chi connectivity index (χ4n) is 2.31. The van der Waals surface area contributed by atoms with Gasteiger partial charge in [0.25, 0.3) is 0 Å². The van der Waals surface area contributed by atoms with Gasteiger partial charge in [-0.3, -0.25) is 0 Å². The van der Waals surface area contributed by atoms with Crippen LogP contribution in [0.1, 0.15) is 29.8 Å². The minimum Gasteiger partial charge on any atom is -0.478 e. The summed E-state index contributed by atoms with van der Waals surface area (Å²) in [6.45, 7) is 6.65. The van der Waals surface area contributed by atoms with E-state index in [4.69, 9.17) is 23.2 Å². The Morgan fingerprint density at radius 2 is 2.00 bits per heavy atom. The van der Waals surface area contributed by atoms with Crippen LogP contribution < -0.4 is 0 Å². The molecule has 0 radical (unpaired) electrons. The number of aromatic nitrogens is 1. The molecule has 1 aromatic heterocycles. The van der Waals surface area contributed by atoms with Gasteiger partial charge in [-0.1, -0.05) is 43.1 Å². The topological polar surface area (TPSA) is 42.2 Å². The molecule has 1 heterocycles. The first-order chi connectivity index (χ1) is 8.84. The molecule has 5 heteroatoms. The van der Waals surface area contributed by atoms with Gasteiger partial charge in [0.2, 0.25) is 0 Å². The summed E-state index contributed by atoms with van der Waals surface area (Å²) in [5, 5.41) is 10.9. The van der Waals surface area contributed by atoms with Gasteiger partial charge in [-0.25, -0.2) is 4.79 Å². The predicted octanol–water partition coefficient (Wildman–Crippen LogP) is 4.61. The summed E-state index contributed by atoms with van der Waals surface area (Å²) in [5.74, 6) is -0.660. The molecule has 0 fully saturated rings. The maximum atomic E-state index is 11.4. The van der Waals surface area contributed by atoms with Crippen molar-refractivity contribution in [1.29, 1.82) is 0 Å². The normalized spacial score (nSPS) is 11.5. The second-order valence-corrected chi connectivity index (χ2v) is 5.81. The molecular formula is C14H15Cl2NO2. The third-order valence-electron chi connectivity index (χ3n) is 3.11. The van der Waals surface area contributed by atoms with E-state index in [-0.39, 0.29) is 10.7 Å². The van der Waals surface area contributed by atoms with E-state index in [9.17, 15) is 9.90 Å². The lowest BCUT2D eigenvalue weighted by Crippen LogP contribution is -2.06. The second-order valence-electron chi connectivity index (χ2n) is 5.04. The number of rotatable bonds is 3. The number of hydrogen-bond donors (Lipinski definition) is 1. The molecule has 1 aromatic carbocycles. The average Bonchev–Trinajstić information content (AvgIpc) is 2.57. The number of hydrogen-bond acceptors (Lipinski definition) is 1. The molecule has 0 saturated carbocycles. The Morgan fingerprint density at radius 1 is 1.37 bits per heavy atom. The number of carboxylic acid groups (broad SMARTS) is 1. The summed E-state index contributed by atoms with van der Waals surface area (Å²) in [6.07, 6.45) is 0. The Hall–Kier alpha value is -1.19. The highest BCUT2D eigenvalue weighted by Gasteiger charge is 2.23. The van der Waals surface area contributed by atoms with E-state index >= 15 is 0 Å². The van der Waals surface area contributed by atoms with Gasteiger partial charge in [0, 0.05) is 17.0 Å². The molecule has 0 aliphatic carbocycles. The fourth-order valence-corrected chi connectivity index (χ4v) is 2.80. The van der Waals surface area contributed by atoms with Crippen LogP contribution in [0.25, 0.3) is 10.9 Å². The maximum Gasteiger partial charge on any atom is 0.339 e. The Bertz CT molecular complexity index is 659. The van der Waals surface area contributed by atoms with Crippen LogP contribution in [0.2, 0.25) is 10.2 Å². The summed E-state index contributed by atoms with van der Waals surface area (Å²) >= 11 is 12.4. The first-order valence-corrected chi connectivity index (χ1v) is 6.80. The molecule has 102 valence electrons. The maximum absolute atomic E-state index is 11.4. The van der Waals surface area contributed by atoms with Gasteiger partial charge in [-0.2, -0.15) is 0 Å². The van der Waals surface area contributed by atoms with Crippen LogP contribution in [0.4, 0.5) is 0 Å². The Balaban J connectivity index is 2.89. The van der Waals surface area contributed by atoms with Crippen molar-refractivity contribution in [3.63, 3.8) is 0 Å². The lowest BCUT2D eigenvalue weighted by Gasteiger charge is -2.12. The van der Waals surface area contributed by atoms with E-state index < -0.39 is 5.97 Å².